The molecule has 0 atom stereocenters. The molecular weight excluding hydrogens is 1330 g/mol. The average Bonchev–Trinajstić information content (AvgIpc) is 3.42. The van der Waals surface area contributed by atoms with Gasteiger partial charge in [-0.15, -0.1) is 0 Å². The van der Waals surface area contributed by atoms with Crippen molar-refractivity contribution < 1.29 is 99.6 Å². The van der Waals surface area contributed by atoms with Crippen LogP contribution in [0.25, 0.3) is 0 Å². The van der Waals surface area contributed by atoms with Crippen molar-refractivity contribution in [3.8, 4) is 0 Å². The monoisotopic (exact) mass is 1370 g/mol. The molecule has 430 valence electrons. The largest absolute Gasteiger partial charge is 0.741 e. The number of hydrogen-bond donors (Lipinski definition) is 0. The van der Waals surface area contributed by atoms with E-state index in [0.29, 0.717) is 0 Å². The van der Waals surface area contributed by atoms with Gasteiger partial charge in [-0.3, -0.25) is 0 Å². The normalized spacial score (nSPS) is 12.1. The Morgan fingerprint density at radius 1 is 0.309 bits per heavy atom. The van der Waals surface area contributed by atoms with Crippen LogP contribution in [0.4, 0.5) is 39.5 Å². The standard InChI is InChI=1S/C52H44IS4.3CHF3O3S/c1-37-5-25-47(26-6-37)56(48-27-7-38(2)8-28-48)51-33-21-45(22-34-51)54-43-17-13-41(14-18-43)53-42-15-19-44(20-16-42)55-46-23-35-52(36-24-46)57(49-29-9-39(3)10-30-49)50-31-11-40(4)12-32-50;3*2-1(3,4)8(5,6)7/h5-36H,1-4H3;3*(H,5,6,7)/q+3;;;/p-3. The van der Waals surface area contributed by atoms with Gasteiger partial charge in [-0.1, -0.05) is 94.3 Å². The van der Waals surface area contributed by atoms with E-state index in [1.807, 2.05) is 23.5 Å². The van der Waals surface area contributed by atoms with E-state index in [0.717, 1.165) is 0 Å². The fraction of sp³-hybridized carbons (Fsp3) is 0.127. The zero-order chi connectivity index (χ0) is 60.1. The molecule has 8 aromatic rings. The third-order valence-corrected chi connectivity index (χ3v) is 21.2. The van der Waals surface area contributed by atoms with E-state index in [2.05, 4.69) is 222 Å². The van der Waals surface area contributed by atoms with E-state index in [9.17, 15) is 39.5 Å². The molecular formula is C55H44F9IO9S7. The van der Waals surface area contributed by atoms with Crippen LogP contribution in [0.1, 0.15) is 22.3 Å². The Kier molecular flexibility index (Phi) is 23.5. The predicted octanol–water partition coefficient (Wildman–Crippen LogP) is 11.7. The summed E-state index contributed by atoms with van der Waals surface area (Å²) in [5, 5.41) is 0. The van der Waals surface area contributed by atoms with E-state index in [1.54, 1.807) is 0 Å². The highest BCUT2D eigenvalue weighted by atomic mass is 127. The van der Waals surface area contributed by atoms with Crippen LogP contribution in [0.2, 0.25) is 0 Å². The first kappa shape index (κ1) is 66.8. The number of halogens is 10. The highest BCUT2D eigenvalue weighted by molar-refractivity contribution is 7.99. The molecule has 26 heteroatoms. The second-order valence-electron chi connectivity index (χ2n) is 16.7. The summed E-state index contributed by atoms with van der Waals surface area (Å²) < 4.78 is 180. The minimum atomic E-state index is -6.09. The summed E-state index contributed by atoms with van der Waals surface area (Å²) >= 11 is 3.41. The second-order valence-corrected chi connectivity index (χ2v) is 30.2. The molecule has 0 aliphatic heterocycles. The number of alkyl halides is 9. The van der Waals surface area contributed by atoms with Gasteiger partial charge in [0.25, 0.3) is 0 Å². The van der Waals surface area contributed by atoms with E-state index >= 15 is 0 Å². The molecule has 0 N–H and O–H groups in total. The Hall–Kier alpha value is -5.01. The first-order valence-corrected chi connectivity index (χ1v) is 33.3. The predicted molar refractivity (Wildman–Crippen MR) is 288 cm³/mol. The highest BCUT2D eigenvalue weighted by Crippen LogP contribution is 2.36. The number of aryl methyl sites for hydroxylation is 4. The summed E-state index contributed by atoms with van der Waals surface area (Å²) in [7, 11) is -18.6. The molecule has 0 aliphatic carbocycles. The van der Waals surface area contributed by atoms with Crippen LogP contribution in [0.5, 0.6) is 0 Å². The van der Waals surface area contributed by atoms with Crippen LogP contribution in [-0.2, 0) is 52.1 Å². The van der Waals surface area contributed by atoms with Gasteiger partial charge < -0.3 is 13.7 Å². The molecule has 0 amide bonds. The molecule has 81 heavy (non-hydrogen) atoms. The smallest absolute Gasteiger partial charge is 0.485 e. The Labute approximate surface area is 488 Å². The third-order valence-electron chi connectivity index (χ3n) is 10.3. The maximum absolute atomic E-state index is 10.7. The number of rotatable bonds is 12. The molecule has 8 rings (SSSR count). The van der Waals surface area contributed by atoms with Crippen molar-refractivity contribution in [2.45, 2.75) is 93.2 Å². The maximum Gasteiger partial charge on any atom is 0.485 e. The fourth-order valence-corrected chi connectivity index (χ4v) is 14.2. The summed E-state index contributed by atoms with van der Waals surface area (Å²) in [6.45, 7) is 8.62. The summed E-state index contributed by atoms with van der Waals surface area (Å²) in [4.78, 5) is 13.2. The van der Waals surface area contributed by atoms with Gasteiger partial charge in [0, 0.05) is 19.6 Å². The molecule has 0 aromatic heterocycles. The first-order valence-electron chi connectivity index (χ1n) is 22.8. The average molecular weight is 1370 g/mol. The van der Waals surface area contributed by atoms with Gasteiger partial charge >= 0.3 is 37.7 Å². The lowest BCUT2D eigenvalue weighted by Gasteiger charge is -2.09. The SMILES string of the molecule is Cc1ccc([S+](c2ccc(C)cc2)c2ccc(Sc3ccc([I+]c4ccc(Sc5ccc([S+](c6ccc(C)cc6)c6ccc(C)cc6)cc5)cc4)cc3)cc2)cc1.O=S(=O)([O-])C(F)(F)F.O=S(=O)([O-])C(F)(F)F.O=S(=O)([O-])C(F)(F)F. The van der Waals surface area contributed by atoms with Crippen molar-refractivity contribution in [2.75, 3.05) is 0 Å². The molecule has 0 radical (unpaired) electrons. The van der Waals surface area contributed by atoms with Crippen LogP contribution in [0.3, 0.4) is 0 Å². The van der Waals surface area contributed by atoms with Gasteiger partial charge in [-0.2, -0.15) is 39.5 Å². The van der Waals surface area contributed by atoms with Crippen LogP contribution in [-0.4, -0.2) is 55.4 Å². The molecule has 0 saturated heterocycles. The van der Waals surface area contributed by atoms with Gasteiger partial charge in [-0.25, -0.2) is 25.3 Å². The molecule has 9 nitrogen and oxygen atoms in total. The quantitative estimate of drug-likeness (QED) is 0.0375. The van der Waals surface area contributed by atoms with Crippen molar-refractivity contribution in [2.24, 2.45) is 0 Å². The van der Waals surface area contributed by atoms with Crippen LogP contribution in [0.15, 0.2) is 243 Å². The van der Waals surface area contributed by atoms with Crippen LogP contribution in [0, 0.1) is 34.8 Å². The molecule has 0 fully saturated rings. The van der Waals surface area contributed by atoms with Gasteiger partial charge in [0.15, 0.2) is 66.9 Å². The van der Waals surface area contributed by atoms with Crippen molar-refractivity contribution in [3.05, 3.63) is 224 Å². The summed E-state index contributed by atoms with van der Waals surface area (Å²) in [5.74, 6) is 0. The highest BCUT2D eigenvalue weighted by Gasteiger charge is 2.38. The van der Waals surface area contributed by atoms with E-state index in [1.165, 1.54) is 78.3 Å². The Morgan fingerprint density at radius 2 is 0.457 bits per heavy atom. The van der Waals surface area contributed by atoms with Gasteiger partial charge in [0.05, 0.1) is 21.8 Å². The summed E-state index contributed by atoms with van der Waals surface area (Å²) in [5.41, 5.74) is -11.8. The topological polar surface area (TPSA) is 172 Å². The molecule has 0 spiro atoms. The van der Waals surface area contributed by atoms with Crippen LogP contribution < -0.4 is 21.2 Å². The maximum atomic E-state index is 10.7. The zero-order valence-corrected chi connectivity index (χ0v) is 50.2. The van der Waals surface area contributed by atoms with E-state index < -0.39 is 46.9 Å². The van der Waals surface area contributed by atoms with E-state index in [-0.39, 0.29) is 43.0 Å². The Morgan fingerprint density at radius 3 is 0.617 bits per heavy atom. The van der Waals surface area contributed by atoms with Gasteiger partial charge in [0.2, 0.25) is 0 Å². The Bertz CT molecular complexity index is 3280. The lowest BCUT2D eigenvalue weighted by atomic mass is 10.2. The number of benzene rings is 8. The number of hydrogen-bond acceptors (Lipinski definition) is 11. The molecule has 0 heterocycles. The van der Waals surface area contributed by atoms with E-state index in [4.69, 9.17) is 38.9 Å². The fourth-order valence-electron chi connectivity index (χ4n) is 6.33. The summed E-state index contributed by atoms with van der Waals surface area (Å²) in [6.07, 6.45) is 0. The Balaban J connectivity index is 0.000000419. The molecule has 8 aromatic carbocycles. The lowest BCUT2D eigenvalue weighted by molar-refractivity contribution is -0.597. The first-order chi connectivity index (χ1) is 37.6. The van der Waals surface area contributed by atoms with Crippen molar-refractivity contribution >= 4 is 75.7 Å². The molecule has 0 aliphatic rings. The third kappa shape index (κ3) is 21.0. The van der Waals surface area contributed by atoms with Crippen LogP contribution >= 0.6 is 23.5 Å². The van der Waals surface area contributed by atoms with Crippen molar-refractivity contribution in [3.63, 3.8) is 0 Å². The lowest BCUT2D eigenvalue weighted by Crippen LogP contribution is -3.61. The van der Waals surface area contributed by atoms with Crippen molar-refractivity contribution in [1.82, 2.24) is 0 Å². The second kappa shape index (κ2) is 28.5. The molecule has 0 saturated carbocycles. The minimum Gasteiger partial charge on any atom is -0.741 e. The zero-order valence-electron chi connectivity index (χ0n) is 42.3. The van der Waals surface area contributed by atoms with Gasteiger partial charge in [0.1, 0.15) is 0 Å². The summed E-state index contributed by atoms with van der Waals surface area (Å²) in [6, 6.07) is 72.9. The van der Waals surface area contributed by atoms with Crippen molar-refractivity contribution in [1.29, 1.82) is 0 Å². The molecule has 0 bridgehead atoms. The minimum absolute atomic E-state index is 0.144. The van der Waals surface area contributed by atoms with Gasteiger partial charge in [-0.05, 0) is 173 Å². The molecule has 0 unspecified atom stereocenters.